The van der Waals surface area contributed by atoms with Gasteiger partial charge in [0.1, 0.15) is 5.82 Å². The fourth-order valence-corrected chi connectivity index (χ4v) is 1.95. The Balaban J connectivity index is 2.22. The summed E-state index contributed by atoms with van der Waals surface area (Å²) in [6.45, 7) is 4.77. The van der Waals surface area contributed by atoms with Gasteiger partial charge in [-0.25, -0.2) is 4.98 Å². The lowest BCUT2D eigenvalue weighted by Crippen LogP contribution is -2.26. The predicted molar refractivity (Wildman–Crippen MR) is 55.8 cm³/mol. The molecule has 4 heteroatoms. The van der Waals surface area contributed by atoms with Crippen LogP contribution in [0.1, 0.15) is 37.7 Å². The van der Waals surface area contributed by atoms with Gasteiger partial charge in [0.05, 0.1) is 11.6 Å². The zero-order valence-corrected chi connectivity index (χ0v) is 9.10. The van der Waals surface area contributed by atoms with Crippen LogP contribution in [0.3, 0.4) is 0 Å². The normalized spacial score (nSPS) is 20.3. The number of rotatable bonds is 2. The van der Waals surface area contributed by atoms with E-state index in [4.69, 9.17) is 5.11 Å². The molecule has 0 spiro atoms. The molecule has 1 aliphatic rings. The molecule has 4 nitrogen and oxygen atoms in total. The molecule has 0 bridgehead atoms. The van der Waals surface area contributed by atoms with E-state index >= 15 is 0 Å². The van der Waals surface area contributed by atoms with E-state index in [2.05, 4.69) is 18.8 Å². The van der Waals surface area contributed by atoms with Crippen molar-refractivity contribution >= 4 is 5.97 Å². The average Bonchev–Trinajstić information content (AvgIpc) is 2.59. The maximum atomic E-state index is 10.9. The van der Waals surface area contributed by atoms with Gasteiger partial charge >= 0.3 is 5.97 Å². The van der Waals surface area contributed by atoms with Gasteiger partial charge in [0, 0.05) is 19.2 Å². The minimum absolute atomic E-state index is 0.244. The van der Waals surface area contributed by atoms with Crippen molar-refractivity contribution in [3.05, 3.63) is 17.7 Å². The number of aliphatic carboxylic acids is 1. The summed E-state index contributed by atoms with van der Waals surface area (Å²) < 4.78 is 2.00. The van der Waals surface area contributed by atoms with Gasteiger partial charge in [-0.1, -0.05) is 13.8 Å². The third kappa shape index (κ3) is 1.89. The van der Waals surface area contributed by atoms with Gasteiger partial charge in [0.2, 0.25) is 0 Å². The summed E-state index contributed by atoms with van der Waals surface area (Å²) in [6, 6.07) is 0. The van der Waals surface area contributed by atoms with E-state index in [1.165, 1.54) is 0 Å². The number of nitrogens with zero attached hydrogens (tertiary/aromatic N) is 2. The standard InChI is InChI=1S/C11H16N2O2/c1-7(2)9-6-13-5-8(11(14)15)3-4-10(13)12-9/h6-8H,3-5H2,1-2H3,(H,14,15). The van der Waals surface area contributed by atoms with Gasteiger partial charge < -0.3 is 9.67 Å². The zero-order chi connectivity index (χ0) is 11.0. The molecule has 1 aromatic rings. The summed E-state index contributed by atoms with van der Waals surface area (Å²) >= 11 is 0. The van der Waals surface area contributed by atoms with Crippen molar-refractivity contribution in [2.24, 2.45) is 5.92 Å². The summed E-state index contributed by atoms with van der Waals surface area (Å²) in [5.41, 5.74) is 1.07. The van der Waals surface area contributed by atoms with Crippen LogP contribution in [0.15, 0.2) is 6.20 Å². The molecule has 1 N–H and O–H groups in total. The van der Waals surface area contributed by atoms with Gasteiger partial charge in [0.25, 0.3) is 0 Å². The second kappa shape index (κ2) is 3.68. The van der Waals surface area contributed by atoms with E-state index in [1.54, 1.807) is 0 Å². The molecule has 0 saturated carbocycles. The van der Waals surface area contributed by atoms with Crippen LogP contribution in [0.4, 0.5) is 0 Å². The van der Waals surface area contributed by atoms with Crippen LogP contribution in [0.2, 0.25) is 0 Å². The molecular weight excluding hydrogens is 192 g/mol. The minimum Gasteiger partial charge on any atom is -0.481 e. The summed E-state index contributed by atoms with van der Waals surface area (Å²) in [5, 5.41) is 8.95. The van der Waals surface area contributed by atoms with E-state index in [1.807, 2.05) is 10.8 Å². The molecule has 0 radical (unpaired) electrons. The van der Waals surface area contributed by atoms with Crippen LogP contribution in [0.25, 0.3) is 0 Å². The van der Waals surface area contributed by atoms with E-state index in [0.717, 1.165) is 17.9 Å². The molecule has 82 valence electrons. The third-order valence-electron chi connectivity index (χ3n) is 2.95. The molecule has 0 aliphatic carbocycles. The Morgan fingerprint density at radius 3 is 3.00 bits per heavy atom. The third-order valence-corrected chi connectivity index (χ3v) is 2.95. The maximum absolute atomic E-state index is 10.9. The Morgan fingerprint density at radius 2 is 2.40 bits per heavy atom. The van der Waals surface area contributed by atoms with Gasteiger partial charge in [-0.05, 0) is 12.3 Å². The first kappa shape index (κ1) is 10.2. The number of aryl methyl sites for hydroxylation is 1. The average molecular weight is 208 g/mol. The molecule has 1 aliphatic heterocycles. The first-order valence-corrected chi connectivity index (χ1v) is 5.36. The van der Waals surface area contributed by atoms with E-state index in [9.17, 15) is 4.79 Å². The summed E-state index contributed by atoms with van der Waals surface area (Å²) in [4.78, 5) is 15.4. The number of carboxylic acid groups (broad SMARTS) is 1. The SMILES string of the molecule is CC(C)c1cn2c(n1)CCC(C(=O)O)C2. The van der Waals surface area contributed by atoms with Crippen molar-refractivity contribution in [2.45, 2.75) is 39.2 Å². The Kier molecular flexibility index (Phi) is 2.50. The van der Waals surface area contributed by atoms with Crippen molar-refractivity contribution in [1.29, 1.82) is 0 Å². The van der Waals surface area contributed by atoms with Crippen molar-refractivity contribution < 1.29 is 9.90 Å². The van der Waals surface area contributed by atoms with Crippen molar-refractivity contribution in [3.8, 4) is 0 Å². The van der Waals surface area contributed by atoms with Crippen LogP contribution < -0.4 is 0 Å². The lowest BCUT2D eigenvalue weighted by atomic mass is 10.00. The molecule has 1 unspecified atom stereocenters. The summed E-state index contributed by atoms with van der Waals surface area (Å²) in [5.74, 6) is 0.509. The number of fused-ring (bicyclic) bond motifs is 1. The highest BCUT2D eigenvalue weighted by Crippen LogP contribution is 2.22. The first-order valence-electron chi connectivity index (χ1n) is 5.36. The topological polar surface area (TPSA) is 55.1 Å². The number of carboxylic acids is 1. The fraction of sp³-hybridized carbons (Fsp3) is 0.636. The van der Waals surface area contributed by atoms with Crippen molar-refractivity contribution in [2.75, 3.05) is 0 Å². The second-order valence-electron chi connectivity index (χ2n) is 4.46. The highest BCUT2D eigenvalue weighted by Gasteiger charge is 2.25. The molecule has 15 heavy (non-hydrogen) atoms. The van der Waals surface area contributed by atoms with Crippen molar-refractivity contribution in [1.82, 2.24) is 9.55 Å². The molecule has 1 aromatic heterocycles. The number of aromatic nitrogens is 2. The fourth-order valence-electron chi connectivity index (χ4n) is 1.95. The van der Waals surface area contributed by atoms with Crippen LogP contribution >= 0.6 is 0 Å². The lowest BCUT2D eigenvalue weighted by molar-refractivity contribution is -0.142. The zero-order valence-electron chi connectivity index (χ0n) is 9.10. The predicted octanol–water partition coefficient (Wildman–Crippen LogP) is 1.65. The smallest absolute Gasteiger partial charge is 0.308 e. The van der Waals surface area contributed by atoms with Gasteiger partial charge in [-0.2, -0.15) is 0 Å². The molecule has 2 heterocycles. The van der Waals surface area contributed by atoms with Crippen LogP contribution in [0, 0.1) is 5.92 Å². The number of imidazole rings is 1. The number of hydrogen-bond donors (Lipinski definition) is 1. The molecule has 1 atom stereocenters. The Labute approximate surface area is 88.9 Å². The van der Waals surface area contributed by atoms with Gasteiger partial charge in [-0.15, -0.1) is 0 Å². The Bertz CT molecular complexity index is 382. The Hall–Kier alpha value is -1.32. The van der Waals surface area contributed by atoms with E-state index in [0.29, 0.717) is 18.9 Å². The quantitative estimate of drug-likeness (QED) is 0.804. The monoisotopic (exact) mass is 208 g/mol. The van der Waals surface area contributed by atoms with Crippen molar-refractivity contribution in [3.63, 3.8) is 0 Å². The molecule has 0 amide bonds. The Morgan fingerprint density at radius 1 is 1.67 bits per heavy atom. The molecule has 2 rings (SSSR count). The van der Waals surface area contributed by atoms with E-state index in [-0.39, 0.29) is 5.92 Å². The van der Waals surface area contributed by atoms with Crippen LogP contribution in [-0.4, -0.2) is 20.6 Å². The number of carbonyl (C=O) groups is 1. The molecule has 0 saturated heterocycles. The minimum atomic E-state index is -0.694. The van der Waals surface area contributed by atoms with E-state index < -0.39 is 5.97 Å². The summed E-state index contributed by atoms with van der Waals surface area (Å²) in [7, 11) is 0. The summed E-state index contributed by atoms with van der Waals surface area (Å²) in [6.07, 6.45) is 3.49. The largest absolute Gasteiger partial charge is 0.481 e. The molecule has 0 fully saturated rings. The first-order chi connectivity index (χ1) is 7.08. The highest BCUT2D eigenvalue weighted by atomic mass is 16.4. The second-order valence-corrected chi connectivity index (χ2v) is 4.46. The number of hydrogen-bond acceptors (Lipinski definition) is 2. The van der Waals surface area contributed by atoms with Crippen LogP contribution in [-0.2, 0) is 17.8 Å². The maximum Gasteiger partial charge on any atom is 0.308 e. The lowest BCUT2D eigenvalue weighted by Gasteiger charge is -2.19. The molecule has 0 aromatic carbocycles. The highest BCUT2D eigenvalue weighted by molar-refractivity contribution is 5.70. The molecular formula is C11H16N2O2. The van der Waals surface area contributed by atoms with Gasteiger partial charge in [0.15, 0.2) is 0 Å². The van der Waals surface area contributed by atoms with Crippen LogP contribution in [0.5, 0.6) is 0 Å². The van der Waals surface area contributed by atoms with Gasteiger partial charge in [-0.3, -0.25) is 4.79 Å².